The van der Waals surface area contributed by atoms with Crippen molar-refractivity contribution in [2.75, 3.05) is 0 Å². The fraction of sp³-hybridized carbons (Fsp3) is 0.481. The van der Waals surface area contributed by atoms with E-state index >= 15 is 0 Å². The number of cyclic esters (lactones) is 1. The van der Waals surface area contributed by atoms with Gasteiger partial charge in [0.05, 0.1) is 23.4 Å². The molecule has 5 atom stereocenters. The second-order valence-corrected chi connectivity index (χ2v) is 9.81. The third-order valence-electron chi connectivity index (χ3n) is 8.10. The van der Waals surface area contributed by atoms with Crippen LogP contribution in [0.5, 0.6) is 0 Å². The minimum Gasteiger partial charge on any atom is -0.460 e. The number of hydrogen-bond acceptors (Lipinski definition) is 5. The first-order valence-corrected chi connectivity index (χ1v) is 11.4. The molecule has 1 N–H and O–H groups in total. The number of ether oxygens (including phenoxy) is 2. The van der Waals surface area contributed by atoms with E-state index in [2.05, 4.69) is 13.5 Å². The van der Waals surface area contributed by atoms with E-state index in [-0.39, 0.29) is 35.8 Å². The Hall–Kier alpha value is -2.66. The third-order valence-corrected chi connectivity index (χ3v) is 8.10. The maximum atomic E-state index is 13.4. The molecule has 2 aliphatic carbocycles. The van der Waals surface area contributed by atoms with Gasteiger partial charge in [-0.25, -0.2) is 4.79 Å². The van der Waals surface area contributed by atoms with E-state index in [4.69, 9.17) is 9.47 Å². The molecule has 0 saturated heterocycles. The van der Waals surface area contributed by atoms with Gasteiger partial charge in [-0.15, -0.1) is 0 Å². The highest BCUT2D eigenvalue weighted by molar-refractivity contribution is 5.94. The van der Waals surface area contributed by atoms with Gasteiger partial charge in [-0.1, -0.05) is 55.5 Å². The number of allylic oxidation sites excluding steroid dienone is 2. The lowest BCUT2D eigenvalue weighted by atomic mass is 9.46. The van der Waals surface area contributed by atoms with Crippen LogP contribution >= 0.6 is 0 Å². The molecular weight excluding hydrogens is 404 g/mol. The van der Waals surface area contributed by atoms with Crippen LogP contribution in [0.2, 0.25) is 0 Å². The van der Waals surface area contributed by atoms with Gasteiger partial charge >= 0.3 is 11.9 Å². The van der Waals surface area contributed by atoms with Crippen LogP contribution in [0.25, 0.3) is 0 Å². The van der Waals surface area contributed by atoms with Crippen LogP contribution in [0.15, 0.2) is 66.5 Å². The van der Waals surface area contributed by atoms with Gasteiger partial charge in [0.2, 0.25) is 0 Å². The molecule has 170 valence electrons. The van der Waals surface area contributed by atoms with Crippen molar-refractivity contribution in [2.24, 2.45) is 22.7 Å². The van der Waals surface area contributed by atoms with Gasteiger partial charge in [-0.05, 0) is 67.9 Å². The fourth-order valence-electron chi connectivity index (χ4n) is 6.15. The van der Waals surface area contributed by atoms with Crippen molar-refractivity contribution in [1.82, 2.24) is 0 Å². The summed E-state index contributed by atoms with van der Waals surface area (Å²) in [5.41, 5.74) is 1.42. The Morgan fingerprint density at radius 3 is 2.72 bits per heavy atom. The third kappa shape index (κ3) is 3.83. The van der Waals surface area contributed by atoms with Crippen molar-refractivity contribution in [3.05, 3.63) is 72.0 Å². The average Bonchev–Trinajstić information content (AvgIpc) is 3.19. The summed E-state index contributed by atoms with van der Waals surface area (Å²) in [4.78, 5) is 25.3. The molecule has 5 heteroatoms. The molecule has 0 aromatic heterocycles. The molecule has 3 aliphatic rings. The van der Waals surface area contributed by atoms with Crippen LogP contribution in [0, 0.1) is 22.7 Å². The Labute approximate surface area is 189 Å². The van der Waals surface area contributed by atoms with E-state index < -0.39 is 11.5 Å². The minimum atomic E-state index is -0.986. The molecule has 0 spiro atoms. The van der Waals surface area contributed by atoms with E-state index in [1.807, 2.05) is 43.3 Å². The number of carbonyl (C=O) groups is 2. The number of rotatable bonds is 5. The van der Waals surface area contributed by atoms with Crippen molar-refractivity contribution in [1.29, 1.82) is 0 Å². The molecule has 32 heavy (non-hydrogen) atoms. The molecule has 1 heterocycles. The number of aliphatic hydroxyl groups excluding tert-OH is 1. The maximum absolute atomic E-state index is 13.4. The summed E-state index contributed by atoms with van der Waals surface area (Å²) in [5, 5.41) is 11.0. The molecule has 0 unspecified atom stereocenters. The highest BCUT2D eigenvalue weighted by atomic mass is 16.5. The summed E-state index contributed by atoms with van der Waals surface area (Å²) in [7, 11) is 0. The summed E-state index contributed by atoms with van der Waals surface area (Å²) in [5.74, 6) is -0.593. The molecular formula is C27H32O5. The van der Waals surface area contributed by atoms with Gasteiger partial charge in [0.15, 0.2) is 0 Å². The van der Waals surface area contributed by atoms with E-state index in [1.165, 1.54) is 6.26 Å². The average molecular weight is 437 g/mol. The number of hydrogen-bond donors (Lipinski definition) is 1. The molecule has 0 radical (unpaired) electrons. The summed E-state index contributed by atoms with van der Waals surface area (Å²) in [6.45, 7) is 8.62. The Kier molecular flexibility index (Phi) is 6.13. The first-order valence-electron chi connectivity index (χ1n) is 11.4. The number of aliphatic hydroxyl groups is 1. The summed E-state index contributed by atoms with van der Waals surface area (Å²) in [6.07, 6.45) is 7.84. The molecule has 0 amide bonds. The standard InChI is InChI=1S/C27H32O5/c1-18-9-12-22-26(2,21(18)11-10-20-14-16-31-24(20)29)15-13-23(28)27(22,3)25(30)32-17-19-7-5-4-6-8-19/h4-8,10,14,16,21-23,28H,1,9,11-13,15,17H2,2-3H3/b20-10+/t21-,22+,23-,26+,27+/m1/s1. The lowest BCUT2D eigenvalue weighted by Gasteiger charge is -2.59. The first kappa shape index (κ1) is 22.5. The monoisotopic (exact) mass is 436 g/mol. The van der Waals surface area contributed by atoms with E-state index in [1.54, 1.807) is 6.08 Å². The van der Waals surface area contributed by atoms with Crippen LogP contribution in [0.1, 0.15) is 51.5 Å². The van der Waals surface area contributed by atoms with Crippen LogP contribution < -0.4 is 0 Å². The molecule has 5 nitrogen and oxygen atoms in total. The topological polar surface area (TPSA) is 72.8 Å². The Morgan fingerprint density at radius 1 is 1.28 bits per heavy atom. The van der Waals surface area contributed by atoms with E-state index in [0.29, 0.717) is 18.4 Å². The van der Waals surface area contributed by atoms with Gasteiger partial charge in [0.25, 0.3) is 0 Å². The van der Waals surface area contributed by atoms with Gasteiger partial charge in [0, 0.05) is 0 Å². The van der Waals surface area contributed by atoms with Crippen LogP contribution in [0.3, 0.4) is 0 Å². The number of fused-ring (bicyclic) bond motifs is 1. The summed E-state index contributed by atoms with van der Waals surface area (Å²) >= 11 is 0. The van der Waals surface area contributed by atoms with Crippen molar-refractivity contribution in [3.63, 3.8) is 0 Å². The highest BCUT2D eigenvalue weighted by Gasteiger charge is 2.61. The summed E-state index contributed by atoms with van der Waals surface area (Å²) in [6, 6.07) is 9.60. The lowest BCUT2D eigenvalue weighted by molar-refractivity contribution is -0.190. The van der Waals surface area contributed by atoms with Crippen molar-refractivity contribution in [2.45, 2.75) is 58.7 Å². The normalized spacial score (nSPS) is 35.5. The van der Waals surface area contributed by atoms with Crippen molar-refractivity contribution in [3.8, 4) is 0 Å². The molecule has 1 aromatic rings. The van der Waals surface area contributed by atoms with Gasteiger partial charge in [0.1, 0.15) is 6.61 Å². The maximum Gasteiger partial charge on any atom is 0.342 e. The number of carbonyl (C=O) groups excluding carboxylic acids is 2. The summed E-state index contributed by atoms with van der Waals surface area (Å²) < 4.78 is 10.7. The SMILES string of the molecule is C=C1CC[C@H]2[C@@](C)(CC[C@@H](O)[C@@]2(C)C(=O)OCc2ccccc2)[C@@H]1C/C=C1\C=COC1=O. The van der Waals surface area contributed by atoms with Crippen LogP contribution in [-0.2, 0) is 25.7 Å². The second-order valence-electron chi connectivity index (χ2n) is 9.81. The minimum absolute atomic E-state index is 0.0398. The van der Waals surface area contributed by atoms with E-state index in [0.717, 1.165) is 30.4 Å². The zero-order valence-electron chi connectivity index (χ0n) is 18.9. The molecule has 2 saturated carbocycles. The zero-order chi connectivity index (χ0) is 22.9. The highest BCUT2D eigenvalue weighted by Crippen LogP contribution is 2.62. The van der Waals surface area contributed by atoms with Crippen molar-refractivity contribution < 1.29 is 24.2 Å². The molecule has 2 fully saturated rings. The molecule has 1 aliphatic heterocycles. The largest absolute Gasteiger partial charge is 0.460 e. The van der Waals surface area contributed by atoms with Crippen molar-refractivity contribution >= 4 is 11.9 Å². The molecule has 0 bridgehead atoms. The number of esters is 2. The van der Waals surface area contributed by atoms with Gasteiger partial charge in [-0.3, -0.25) is 4.79 Å². The Morgan fingerprint density at radius 2 is 2.03 bits per heavy atom. The Balaban J connectivity index is 1.58. The Bertz CT molecular complexity index is 962. The molecule has 1 aromatic carbocycles. The predicted octanol–water partition coefficient (Wildman–Crippen LogP) is 4.87. The zero-order valence-corrected chi connectivity index (χ0v) is 18.9. The fourth-order valence-corrected chi connectivity index (χ4v) is 6.15. The van der Waals surface area contributed by atoms with Crippen LogP contribution in [0.4, 0.5) is 0 Å². The lowest BCUT2D eigenvalue weighted by Crippen LogP contribution is -2.59. The second kappa shape index (κ2) is 8.70. The molecule has 4 rings (SSSR count). The van der Waals surface area contributed by atoms with E-state index in [9.17, 15) is 14.7 Å². The van der Waals surface area contributed by atoms with Crippen LogP contribution in [-0.4, -0.2) is 23.1 Å². The van der Waals surface area contributed by atoms with Gasteiger partial charge < -0.3 is 14.6 Å². The smallest absolute Gasteiger partial charge is 0.342 e. The van der Waals surface area contributed by atoms with Gasteiger partial charge in [-0.2, -0.15) is 0 Å². The predicted molar refractivity (Wildman–Crippen MR) is 121 cm³/mol. The quantitative estimate of drug-likeness (QED) is 0.405. The number of benzene rings is 1. The first-order chi connectivity index (χ1) is 15.3.